The van der Waals surface area contributed by atoms with E-state index in [4.69, 9.17) is 5.11 Å². The van der Waals surface area contributed by atoms with Crippen molar-refractivity contribution in [1.82, 2.24) is 0 Å². The molecule has 268 valence electrons. The van der Waals surface area contributed by atoms with Crippen LogP contribution in [0, 0.1) is 52.3 Å². The second-order valence-electron chi connectivity index (χ2n) is 17.9. The van der Waals surface area contributed by atoms with Crippen LogP contribution in [-0.2, 0) is 4.79 Å². The van der Waals surface area contributed by atoms with Crippen molar-refractivity contribution in [3.8, 4) is 0 Å². The maximum Gasteiger partial charge on any atom is 0.303 e. The average Bonchev–Trinajstić information content (AvgIpc) is 3.39. The molecular weight excluding hydrogens is 572 g/mol. The quantitative estimate of drug-likeness (QED) is 0.0993. The van der Waals surface area contributed by atoms with Crippen LogP contribution in [0.1, 0.15) is 189 Å². The summed E-state index contributed by atoms with van der Waals surface area (Å²) in [4.78, 5) is 10.6. The van der Waals surface area contributed by atoms with Gasteiger partial charge >= 0.3 is 5.97 Å². The number of hydrogen-bond acceptors (Lipinski definition) is 1. The molecule has 0 aromatic carbocycles. The lowest BCUT2D eigenvalue weighted by molar-refractivity contribution is -0.137. The van der Waals surface area contributed by atoms with E-state index < -0.39 is 5.97 Å². The molecule has 0 amide bonds. The predicted octanol–water partition coefficient (Wildman–Crippen LogP) is 13.9. The Morgan fingerprint density at radius 2 is 1.53 bits per heavy atom. The number of aliphatic carboxylic acids is 1. The first-order valence-electron chi connectivity index (χ1n) is 20.9. The minimum absolute atomic E-state index is 0.324. The first-order valence-corrected chi connectivity index (χ1v) is 20.9. The summed E-state index contributed by atoms with van der Waals surface area (Å²) in [7, 11) is 0. The zero-order valence-electron chi connectivity index (χ0n) is 31.8. The molecule has 0 radical (unpaired) electrons. The van der Waals surface area contributed by atoms with Crippen LogP contribution in [0.3, 0.4) is 0 Å². The standard InChI is InChI=1S/C45H76O2/c1-35(2)22-21-23-36(3)40-30-31-41-39-29-28-38-27-26-37(34-45(38,5)42(39)32-33-44(40,41)4)24-19-17-15-13-11-9-7-6-8-10-12-14-16-18-20-25-43(46)47/h6,8-9,11,28,35-37,39-42H,7,10,12-27,29-34H2,1-5H3,(H,46,47)/t36-,37?,39?,40-,41?,42?,44-,45+/m1/s1. The monoisotopic (exact) mass is 649 g/mol. The SMILES string of the molecule is CC(C)CCC[C@@H](C)[C@H]1CCC2C3CC=C4CCC(CCCCCC=CCC=CCCCCCCCC(=O)O)C[C@]4(C)C3CC[C@@]21C. The van der Waals surface area contributed by atoms with Crippen molar-refractivity contribution in [1.29, 1.82) is 0 Å². The zero-order chi connectivity index (χ0) is 33.7. The van der Waals surface area contributed by atoms with Crippen LogP contribution in [-0.4, -0.2) is 11.1 Å². The molecule has 2 nitrogen and oxygen atoms in total. The highest BCUT2D eigenvalue weighted by molar-refractivity contribution is 5.66. The van der Waals surface area contributed by atoms with Gasteiger partial charge in [0.2, 0.25) is 0 Å². The number of carboxylic acids is 1. The molecule has 8 atom stereocenters. The fraction of sp³-hybridized carbons (Fsp3) is 0.844. The Hall–Kier alpha value is -1.31. The Bertz CT molecular complexity index is 1020. The van der Waals surface area contributed by atoms with Gasteiger partial charge in [0.25, 0.3) is 0 Å². The molecule has 47 heavy (non-hydrogen) atoms. The van der Waals surface area contributed by atoms with E-state index in [-0.39, 0.29) is 0 Å². The summed E-state index contributed by atoms with van der Waals surface area (Å²) >= 11 is 0. The third-order valence-corrected chi connectivity index (χ3v) is 14.2. The Morgan fingerprint density at radius 1 is 0.830 bits per heavy atom. The number of allylic oxidation sites excluding steroid dienone is 6. The fourth-order valence-electron chi connectivity index (χ4n) is 11.6. The highest BCUT2D eigenvalue weighted by atomic mass is 16.4. The van der Waals surface area contributed by atoms with Crippen molar-refractivity contribution >= 4 is 5.97 Å². The molecule has 3 fully saturated rings. The van der Waals surface area contributed by atoms with Crippen LogP contribution >= 0.6 is 0 Å². The summed E-state index contributed by atoms with van der Waals surface area (Å²) in [6.45, 7) is 12.9. The summed E-state index contributed by atoms with van der Waals surface area (Å²) in [6, 6.07) is 0. The van der Waals surface area contributed by atoms with Crippen molar-refractivity contribution in [2.45, 2.75) is 189 Å². The van der Waals surface area contributed by atoms with Crippen LogP contribution in [0.4, 0.5) is 0 Å². The highest BCUT2D eigenvalue weighted by Gasteiger charge is 2.59. The Kier molecular flexibility index (Phi) is 15.7. The van der Waals surface area contributed by atoms with Gasteiger partial charge in [0, 0.05) is 6.42 Å². The van der Waals surface area contributed by atoms with Crippen LogP contribution in [0.2, 0.25) is 0 Å². The average molecular weight is 649 g/mol. The van der Waals surface area contributed by atoms with Crippen molar-refractivity contribution < 1.29 is 9.90 Å². The predicted molar refractivity (Wildman–Crippen MR) is 202 cm³/mol. The molecule has 2 heteroatoms. The lowest BCUT2D eigenvalue weighted by atomic mass is 9.46. The topological polar surface area (TPSA) is 37.3 Å². The summed E-state index contributed by atoms with van der Waals surface area (Å²) in [5.74, 6) is 5.90. The maximum absolute atomic E-state index is 10.6. The van der Waals surface area contributed by atoms with E-state index in [1.165, 1.54) is 122 Å². The number of unbranched alkanes of at least 4 members (excludes halogenated alkanes) is 8. The van der Waals surface area contributed by atoms with Gasteiger partial charge in [-0.3, -0.25) is 4.79 Å². The second kappa shape index (κ2) is 19.2. The van der Waals surface area contributed by atoms with E-state index in [2.05, 4.69) is 65.0 Å². The van der Waals surface area contributed by atoms with E-state index >= 15 is 0 Å². The normalized spacial score (nSPS) is 32.8. The molecule has 4 unspecified atom stereocenters. The molecule has 4 aliphatic carbocycles. The number of rotatable bonds is 21. The van der Waals surface area contributed by atoms with Crippen LogP contribution in [0.25, 0.3) is 0 Å². The van der Waals surface area contributed by atoms with E-state index in [9.17, 15) is 4.79 Å². The number of hydrogen-bond donors (Lipinski definition) is 1. The smallest absolute Gasteiger partial charge is 0.303 e. The molecular formula is C45H76O2. The third kappa shape index (κ3) is 10.8. The summed E-state index contributed by atoms with van der Waals surface area (Å²) < 4.78 is 0. The molecule has 0 aromatic heterocycles. The third-order valence-electron chi connectivity index (χ3n) is 14.2. The van der Waals surface area contributed by atoms with Gasteiger partial charge in [0.15, 0.2) is 0 Å². The van der Waals surface area contributed by atoms with Crippen molar-refractivity contribution in [2.24, 2.45) is 52.3 Å². The Labute approximate surface area is 292 Å². The van der Waals surface area contributed by atoms with Gasteiger partial charge in [0.05, 0.1) is 0 Å². The van der Waals surface area contributed by atoms with E-state index in [0.29, 0.717) is 17.3 Å². The van der Waals surface area contributed by atoms with Gasteiger partial charge in [-0.15, -0.1) is 0 Å². The molecule has 0 aromatic rings. The summed E-state index contributed by atoms with van der Waals surface area (Å²) in [5.41, 5.74) is 2.97. The fourth-order valence-corrected chi connectivity index (χ4v) is 11.6. The molecule has 1 N–H and O–H groups in total. The van der Waals surface area contributed by atoms with Gasteiger partial charge in [0.1, 0.15) is 0 Å². The zero-order valence-corrected chi connectivity index (χ0v) is 31.8. The van der Waals surface area contributed by atoms with Crippen LogP contribution < -0.4 is 0 Å². The minimum Gasteiger partial charge on any atom is -0.481 e. The van der Waals surface area contributed by atoms with E-state index in [1.54, 1.807) is 0 Å². The molecule has 4 aliphatic rings. The number of fused-ring (bicyclic) bond motifs is 5. The van der Waals surface area contributed by atoms with Crippen molar-refractivity contribution in [2.75, 3.05) is 0 Å². The van der Waals surface area contributed by atoms with Crippen LogP contribution in [0.15, 0.2) is 36.0 Å². The lowest BCUT2D eigenvalue weighted by Gasteiger charge is -2.59. The van der Waals surface area contributed by atoms with Crippen LogP contribution in [0.5, 0.6) is 0 Å². The highest BCUT2D eigenvalue weighted by Crippen LogP contribution is 2.67. The van der Waals surface area contributed by atoms with Gasteiger partial charge in [-0.1, -0.05) is 128 Å². The Balaban J connectivity index is 1.12. The second-order valence-corrected chi connectivity index (χ2v) is 17.9. The van der Waals surface area contributed by atoms with Gasteiger partial charge in [-0.25, -0.2) is 0 Å². The molecule has 0 spiro atoms. The van der Waals surface area contributed by atoms with E-state index in [1.807, 2.05) is 5.57 Å². The minimum atomic E-state index is -0.663. The molecule has 0 bridgehead atoms. The van der Waals surface area contributed by atoms with Gasteiger partial charge in [-0.2, -0.15) is 0 Å². The largest absolute Gasteiger partial charge is 0.481 e. The maximum atomic E-state index is 10.6. The summed E-state index contributed by atoms with van der Waals surface area (Å²) in [6.07, 6.45) is 43.2. The molecule has 4 rings (SSSR count). The Morgan fingerprint density at radius 3 is 2.26 bits per heavy atom. The first kappa shape index (κ1) is 38.5. The van der Waals surface area contributed by atoms with Crippen molar-refractivity contribution in [3.05, 3.63) is 36.0 Å². The number of carbonyl (C=O) groups is 1. The lowest BCUT2D eigenvalue weighted by Crippen LogP contribution is -2.50. The summed E-state index contributed by atoms with van der Waals surface area (Å²) in [5, 5.41) is 8.69. The molecule has 3 saturated carbocycles. The molecule has 0 saturated heterocycles. The number of carboxylic acid groups (broad SMARTS) is 1. The molecule has 0 heterocycles. The molecule has 0 aliphatic heterocycles. The van der Waals surface area contributed by atoms with Gasteiger partial charge < -0.3 is 5.11 Å². The van der Waals surface area contributed by atoms with E-state index in [0.717, 1.165) is 67.1 Å². The first-order chi connectivity index (χ1) is 22.6. The van der Waals surface area contributed by atoms with Gasteiger partial charge in [-0.05, 0) is 142 Å². The van der Waals surface area contributed by atoms with Crippen molar-refractivity contribution in [3.63, 3.8) is 0 Å².